The zero-order valence-corrected chi connectivity index (χ0v) is 21.0. The first-order valence-electron chi connectivity index (χ1n) is 12.5. The quantitative estimate of drug-likeness (QED) is 0.257. The first kappa shape index (κ1) is 25.4. The van der Waals surface area contributed by atoms with E-state index in [-0.39, 0.29) is 18.6 Å². The third-order valence-corrected chi connectivity index (χ3v) is 6.31. The van der Waals surface area contributed by atoms with Crippen LogP contribution in [0.4, 0.5) is 11.8 Å². The second-order valence-corrected chi connectivity index (χ2v) is 8.96. The number of anilines is 2. The summed E-state index contributed by atoms with van der Waals surface area (Å²) in [7, 11) is 1.70. The molecular formula is C27H35N7O2. The summed E-state index contributed by atoms with van der Waals surface area (Å²) < 4.78 is 7.62. The average molecular weight is 490 g/mol. The molecule has 0 saturated heterocycles. The number of methoxy groups -OCH3 is 1. The fourth-order valence-electron chi connectivity index (χ4n) is 4.51. The van der Waals surface area contributed by atoms with Crippen LogP contribution in [0.3, 0.4) is 0 Å². The summed E-state index contributed by atoms with van der Waals surface area (Å²) in [6, 6.07) is 10.6. The van der Waals surface area contributed by atoms with Crippen LogP contribution in [0.1, 0.15) is 49.3 Å². The van der Waals surface area contributed by atoms with Crippen molar-refractivity contribution in [1.29, 1.82) is 0 Å². The highest BCUT2D eigenvalue weighted by Gasteiger charge is 2.17. The van der Waals surface area contributed by atoms with Crippen LogP contribution < -0.4 is 15.8 Å². The molecular weight excluding hydrogens is 454 g/mol. The highest BCUT2D eigenvalue weighted by molar-refractivity contribution is 5.86. The van der Waals surface area contributed by atoms with Crippen molar-refractivity contribution < 1.29 is 9.84 Å². The minimum absolute atomic E-state index is 0.0850. The summed E-state index contributed by atoms with van der Waals surface area (Å²) in [5.74, 6) is 1.65. The zero-order valence-electron chi connectivity index (χ0n) is 21.0. The van der Waals surface area contributed by atoms with E-state index < -0.39 is 0 Å². The predicted molar refractivity (Wildman–Crippen MR) is 142 cm³/mol. The Hall–Kier alpha value is -3.72. The van der Waals surface area contributed by atoms with E-state index in [1.807, 2.05) is 17.1 Å². The summed E-state index contributed by atoms with van der Waals surface area (Å²) in [5, 5.41) is 17.5. The number of benzene rings is 1. The SMILES string of the molecule is CCC[C@@H](CCO)Nc1nc(N)nc2cnn(Cc3ccc(CCCc4ccncc4)cc3OC)c12. The number of nitrogens with one attached hydrogen (secondary N) is 1. The zero-order chi connectivity index (χ0) is 25.3. The summed E-state index contributed by atoms with van der Waals surface area (Å²) in [6.07, 6.45) is 10.9. The minimum Gasteiger partial charge on any atom is -0.496 e. The number of aryl methyl sites for hydroxylation is 2. The van der Waals surface area contributed by atoms with Gasteiger partial charge in [0.05, 0.1) is 19.9 Å². The number of aromatic nitrogens is 5. The van der Waals surface area contributed by atoms with Crippen molar-refractivity contribution in [3.63, 3.8) is 0 Å². The van der Waals surface area contributed by atoms with Gasteiger partial charge in [-0.3, -0.25) is 9.67 Å². The number of ether oxygens (including phenoxy) is 1. The lowest BCUT2D eigenvalue weighted by Gasteiger charge is -2.19. The van der Waals surface area contributed by atoms with Crippen molar-refractivity contribution >= 4 is 22.8 Å². The molecule has 0 fully saturated rings. The summed E-state index contributed by atoms with van der Waals surface area (Å²) in [4.78, 5) is 12.9. The highest BCUT2D eigenvalue weighted by Crippen LogP contribution is 2.27. The molecule has 3 aromatic heterocycles. The molecule has 0 aliphatic carbocycles. The fraction of sp³-hybridized carbons (Fsp3) is 0.407. The van der Waals surface area contributed by atoms with Gasteiger partial charge in [-0.25, -0.2) is 4.98 Å². The summed E-state index contributed by atoms with van der Waals surface area (Å²) in [6.45, 7) is 2.73. The summed E-state index contributed by atoms with van der Waals surface area (Å²) >= 11 is 0. The van der Waals surface area contributed by atoms with E-state index in [1.54, 1.807) is 13.3 Å². The van der Waals surface area contributed by atoms with Crippen LogP contribution in [0.2, 0.25) is 0 Å². The number of pyridine rings is 1. The Kier molecular flexibility index (Phi) is 8.67. The fourth-order valence-corrected chi connectivity index (χ4v) is 4.51. The third-order valence-electron chi connectivity index (χ3n) is 6.31. The molecule has 9 nitrogen and oxygen atoms in total. The molecule has 190 valence electrons. The molecule has 4 aromatic rings. The maximum absolute atomic E-state index is 9.48. The lowest BCUT2D eigenvalue weighted by Crippen LogP contribution is -2.22. The molecule has 4 rings (SSSR count). The van der Waals surface area contributed by atoms with Crippen molar-refractivity contribution in [3.8, 4) is 5.75 Å². The first-order chi connectivity index (χ1) is 17.6. The van der Waals surface area contributed by atoms with E-state index in [2.05, 4.69) is 62.6 Å². The molecule has 0 saturated carbocycles. The van der Waals surface area contributed by atoms with Gasteiger partial charge in [-0.05, 0) is 61.4 Å². The normalized spacial score (nSPS) is 12.1. The average Bonchev–Trinajstić information content (AvgIpc) is 3.28. The number of hydrogen-bond acceptors (Lipinski definition) is 8. The molecule has 1 aromatic carbocycles. The molecule has 0 aliphatic rings. The second-order valence-electron chi connectivity index (χ2n) is 8.96. The maximum Gasteiger partial charge on any atom is 0.222 e. The molecule has 36 heavy (non-hydrogen) atoms. The van der Waals surface area contributed by atoms with Crippen LogP contribution in [-0.4, -0.2) is 49.6 Å². The van der Waals surface area contributed by atoms with E-state index in [9.17, 15) is 5.11 Å². The van der Waals surface area contributed by atoms with Gasteiger partial charge >= 0.3 is 0 Å². The van der Waals surface area contributed by atoms with Crippen LogP contribution in [0, 0.1) is 0 Å². The van der Waals surface area contributed by atoms with Gasteiger partial charge in [0.2, 0.25) is 5.95 Å². The van der Waals surface area contributed by atoms with Crippen molar-refractivity contribution in [2.45, 2.75) is 58.0 Å². The van der Waals surface area contributed by atoms with Crippen molar-refractivity contribution in [1.82, 2.24) is 24.7 Å². The lowest BCUT2D eigenvalue weighted by molar-refractivity contribution is 0.276. The van der Waals surface area contributed by atoms with Crippen LogP contribution in [0.15, 0.2) is 48.9 Å². The molecule has 1 atom stereocenters. The molecule has 0 spiro atoms. The number of rotatable bonds is 13. The van der Waals surface area contributed by atoms with Crippen LogP contribution >= 0.6 is 0 Å². The van der Waals surface area contributed by atoms with Gasteiger partial charge in [-0.2, -0.15) is 10.1 Å². The first-order valence-corrected chi connectivity index (χ1v) is 12.5. The monoisotopic (exact) mass is 489 g/mol. The maximum atomic E-state index is 9.48. The number of nitrogens with zero attached hydrogens (tertiary/aromatic N) is 5. The Morgan fingerprint density at radius 1 is 1.08 bits per heavy atom. The standard InChI is InChI=1S/C27H35N7O2/c1-3-5-22(12-15-35)31-26-25-23(32-27(28)33-26)17-30-34(25)18-21-9-8-20(16-24(21)36-2)7-4-6-19-10-13-29-14-11-19/h8-11,13-14,16-17,22,35H,3-7,12,15,18H2,1-2H3,(H3,28,31,32,33)/t22-/m0/s1. The van der Waals surface area contributed by atoms with Gasteiger partial charge in [-0.15, -0.1) is 0 Å². The van der Waals surface area contributed by atoms with E-state index >= 15 is 0 Å². The van der Waals surface area contributed by atoms with E-state index in [1.165, 1.54) is 11.1 Å². The molecule has 3 heterocycles. The second kappa shape index (κ2) is 12.3. The Morgan fingerprint density at radius 2 is 1.89 bits per heavy atom. The van der Waals surface area contributed by atoms with Crippen molar-refractivity contribution in [2.75, 3.05) is 24.8 Å². The highest BCUT2D eigenvalue weighted by atomic mass is 16.5. The van der Waals surface area contributed by atoms with Crippen molar-refractivity contribution in [3.05, 3.63) is 65.6 Å². The number of hydrogen-bond donors (Lipinski definition) is 3. The van der Waals surface area contributed by atoms with Gasteiger partial charge < -0.3 is 20.9 Å². The van der Waals surface area contributed by atoms with E-state index in [4.69, 9.17) is 10.5 Å². The van der Waals surface area contributed by atoms with Gasteiger partial charge in [0.15, 0.2) is 5.82 Å². The van der Waals surface area contributed by atoms with Gasteiger partial charge in [0, 0.05) is 30.6 Å². The van der Waals surface area contributed by atoms with Gasteiger partial charge in [0.1, 0.15) is 16.8 Å². The largest absolute Gasteiger partial charge is 0.496 e. The van der Waals surface area contributed by atoms with Crippen LogP contribution in [-0.2, 0) is 19.4 Å². The Labute approximate surface area is 211 Å². The van der Waals surface area contributed by atoms with Gasteiger partial charge in [-0.1, -0.05) is 25.5 Å². The number of aliphatic hydroxyl groups is 1. The molecule has 4 N–H and O–H groups in total. The minimum atomic E-state index is 0.0850. The third kappa shape index (κ3) is 6.28. The molecule has 0 amide bonds. The number of fused-ring (bicyclic) bond motifs is 1. The Bertz CT molecular complexity index is 1250. The number of nitrogens with two attached hydrogens (primary N) is 1. The summed E-state index contributed by atoms with van der Waals surface area (Å²) in [5.41, 5.74) is 11.0. The van der Waals surface area contributed by atoms with Gasteiger partial charge in [0.25, 0.3) is 0 Å². The molecule has 0 bridgehead atoms. The smallest absolute Gasteiger partial charge is 0.222 e. The molecule has 0 radical (unpaired) electrons. The lowest BCUT2D eigenvalue weighted by atomic mass is 10.0. The Balaban J connectivity index is 1.54. The van der Waals surface area contributed by atoms with Crippen LogP contribution in [0.5, 0.6) is 5.75 Å². The molecule has 9 heteroatoms. The van der Waals surface area contributed by atoms with E-state index in [0.29, 0.717) is 24.3 Å². The molecule has 0 aliphatic heterocycles. The topological polar surface area (TPSA) is 124 Å². The Morgan fingerprint density at radius 3 is 2.64 bits per heavy atom. The predicted octanol–water partition coefficient (Wildman–Crippen LogP) is 4.00. The number of aliphatic hydroxyl groups excluding tert-OH is 1. The van der Waals surface area contributed by atoms with E-state index in [0.717, 1.165) is 48.9 Å². The number of nitrogen functional groups attached to an aromatic ring is 1. The van der Waals surface area contributed by atoms with Crippen molar-refractivity contribution in [2.24, 2.45) is 0 Å². The molecule has 0 unspecified atom stereocenters. The van der Waals surface area contributed by atoms with Crippen LogP contribution in [0.25, 0.3) is 11.0 Å².